The SMILES string of the molecule is CC(=O)O[C@@H]1CC[C@@]2(C)C(=CC[C@H]3[C@@H]4CCC[C@@]4(C)CC[C@@H]32)C1. The van der Waals surface area contributed by atoms with E-state index in [9.17, 15) is 4.79 Å². The molecule has 0 N–H and O–H groups in total. The molecule has 4 rings (SSSR count). The van der Waals surface area contributed by atoms with Gasteiger partial charge in [0.05, 0.1) is 0 Å². The Labute approximate surface area is 141 Å². The minimum atomic E-state index is -0.118. The van der Waals surface area contributed by atoms with Crippen molar-refractivity contribution in [1.82, 2.24) is 0 Å². The molecular weight excluding hydrogens is 284 g/mol. The van der Waals surface area contributed by atoms with E-state index in [1.54, 1.807) is 12.5 Å². The molecule has 0 bridgehead atoms. The molecular formula is C21H32O2. The van der Waals surface area contributed by atoms with Gasteiger partial charge in [-0.2, -0.15) is 0 Å². The Morgan fingerprint density at radius 1 is 1.13 bits per heavy atom. The Morgan fingerprint density at radius 2 is 1.96 bits per heavy atom. The summed E-state index contributed by atoms with van der Waals surface area (Å²) in [6.07, 6.45) is 14.5. The summed E-state index contributed by atoms with van der Waals surface area (Å²) in [5.41, 5.74) is 2.62. The van der Waals surface area contributed by atoms with Gasteiger partial charge in [-0.3, -0.25) is 4.79 Å². The van der Waals surface area contributed by atoms with Crippen LogP contribution in [-0.4, -0.2) is 12.1 Å². The number of esters is 1. The van der Waals surface area contributed by atoms with Crippen molar-refractivity contribution in [1.29, 1.82) is 0 Å². The van der Waals surface area contributed by atoms with Crippen molar-refractivity contribution in [2.45, 2.75) is 84.7 Å². The van der Waals surface area contributed by atoms with Crippen LogP contribution < -0.4 is 0 Å². The first-order valence-electron chi connectivity index (χ1n) is 9.79. The Bertz CT molecular complexity index is 536. The van der Waals surface area contributed by atoms with Crippen LogP contribution in [0.3, 0.4) is 0 Å². The van der Waals surface area contributed by atoms with Crippen LogP contribution in [0.4, 0.5) is 0 Å². The van der Waals surface area contributed by atoms with Gasteiger partial charge in [0, 0.05) is 13.3 Å². The Kier molecular flexibility index (Phi) is 3.66. The molecule has 3 saturated carbocycles. The summed E-state index contributed by atoms with van der Waals surface area (Å²) in [5.74, 6) is 2.63. The number of hydrogen-bond donors (Lipinski definition) is 0. The molecule has 23 heavy (non-hydrogen) atoms. The molecule has 0 spiro atoms. The molecule has 0 aromatic rings. The summed E-state index contributed by atoms with van der Waals surface area (Å²) in [4.78, 5) is 11.3. The second kappa shape index (κ2) is 5.36. The van der Waals surface area contributed by atoms with Crippen molar-refractivity contribution in [3.63, 3.8) is 0 Å². The molecule has 0 aliphatic heterocycles. The molecule has 6 atom stereocenters. The fraction of sp³-hybridized carbons (Fsp3) is 0.857. The smallest absolute Gasteiger partial charge is 0.302 e. The van der Waals surface area contributed by atoms with Gasteiger partial charge in [0.2, 0.25) is 0 Å². The lowest BCUT2D eigenvalue weighted by molar-refractivity contribution is -0.148. The molecule has 0 heterocycles. The number of fused-ring (bicyclic) bond motifs is 5. The van der Waals surface area contributed by atoms with Gasteiger partial charge in [0.25, 0.3) is 0 Å². The molecule has 0 aromatic carbocycles. The first-order chi connectivity index (χ1) is 10.9. The summed E-state index contributed by atoms with van der Waals surface area (Å²) >= 11 is 0. The highest BCUT2D eigenvalue weighted by molar-refractivity contribution is 5.66. The quantitative estimate of drug-likeness (QED) is 0.486. The van der Waals surface area contributed by atoms with Gasteiger partial charge in [-0.15, -0.1) is 0 Å². The highest BCUT2D eigenvalue weighted by Gasteiger charge is 2.55. The van der Waals surface area contributed by atoms with Crippen LogP contribution in [0.2, 0.25) is 0 Å². The standard InChI is InChI=1S/C21H32O2/c1-14(22)23-16-8-12-21(3)15(13-16)6-7-17-18-5-4-10-20(18,2)11-9-19(17)21/h6,16-19H,4-5,7-13H2,1-3H3/t16-,17+,18+,19+,20+,21+/m1/s1. The van der Waals surface area contributed by atoms with Crippen LogP contribution in [0.1, 0.15) is 78.6 Å². The van der Waals surface area contributed by atoms with Gasteiger partial charge < -0.3 is 4.74 Å². The topological polar surface area (TPSA) is 26.3 Å². The van der Waals surface area contributed by atoms with Gasteiger partial charge in [-0.1, -0.05) is 31.9 Å². The van der Waals surface area contributed by atoms with Crippen LogP contribution in [0.15, 0.2) is 11.6 Å². The van der Waals surface area contributed by atoms with Crippen molar-refractivity contribution >= 4 is 5.97 Å². The minimum absolute atomic E-state index is 0.118. The normalized spacial score (nSPS) is 48.7. The lowest BCUT2D eigenvalue weighted by atomic mass is 9.48. The summed E-state index contributed by atoms with van der Waals surface area (Å²) < 4.78 is 5.53. The number of allylic oxidation sites excluding steroid dienone is 1. The third-order valence-electron chi connectivity index (χ3n) is 8.17. The Hall–Kier alpha value is -0.790. The maximum absolute atomic E-state index is 11.3. The van der Waals surface area contributed by atoms with Crippen molar-refractivity contribution in [2.24, 2.45) is 28.6 Å². The van der Waals surface area contributed by atoms with Crippen molar-refractivity contribution in [2.75, 3.05) is 0 Å². The predicted molar refractivity (Wildman–Crippen MR) is 91.9 cm³/mol. The monoisotopic (exact) mass is 316 g/mol. The van der Waals surface area contributed by atoms with Crippen molar-refractivity contribution in [3.8, 4) is 0 Å². The first kappa shape index (κ1) is 15.7. The molecule has 0 amide bonds. The summed E-state index contributed by atoms with van der Waals surface area (Å²) in [7, 11) is 0. The lowest BCUT2D eigenvalue weighted by Crippen LogP contribution is -2.49. The number of hydrogen-bond acceptors (Lipinski definition) is 2. The van der Waals surface area contributed by atoms with E-state index < -0.39 is 0 Å². The fourth-order valence-electron chi connectivity index (χ4n) is 6.96. The Balaban J connectivity index is 1.58. The van der Waals surface area contributed by atoms with Crippen LogP contribution in [0.5, 0.6) is 0 Å². The molecule has 128 valence electrons. The van der Waals surface area contributed by atoms with E-state index in [-0.39, 0.29) is 12.1 Å². The molecule has 0 unspecified atom stereocenters. The zero-order valence-corrected chi connectivity index (χ0v) is 15.1. The van der Waals surface area contributed by atoms with Gasteiger partial charge in [0.15, 0.2) is 0 Å². The average molecular weight is 316 g/mol. The lowest BCUT2D eigenvalue weighted by Gasteiger charge is -2.57. The number of ether oxygens (including phenoxy) is 1. The van der Waals surface area contributed by atoms with Gasteiger partial charge in [-0.25, -0.2) is 0 Å². The zero-order chi connectivity index (χ0) is 16.2. The number of carbonyl (C=O) groups is 1. The van der Waals surface area contributed by atoms with Crippen molar-refractivity contribution < 1.29 is 9.53 Å². The zero-order valence-electron chi connectivity index (χ0n) is 15.1. The number of carbonyl (C=O) groups excluding carboxylic acids is 1. The molecule has 2 heteroatoms. The third kappa shape index (κ3) is 2.39. The van der Waals surface area contributed by atoms with Gasteiger partial charge in [0.1, 0.15) is 6.10 Å². The average Bonchev–Trinajstić information content (AvgIpc) is 2.89. The van der Waals surface area contributed by atoms with E-state index in [4.69, 9.17) is 4.74 Å². The van der Waals surface area contributed by atoms with Gasteiger partial charge in [-0.05, 0) is 73.5 Å². The second-order valence-corrected chi connectivity index (χ2v) is 9.32. The van der Waals surface area contributed by atoms with Crippen molar-refractivity contribution in [3.05, 3.63) is 11.6 Å². The van der Waals surface area contributed by atoms with E-state index in [0.717, 1.165) is 30.6 Å². The predicted octanol–water partition coefficient (Wildman–Crippen LogP) is 5.27. The van der Waals surface area contributed by atoms with E-state index >= 15 is 0 Å². The van der Waals surface area contributed by atoms with Crippen LogP contribution in [0, 0.1) is 28.6 Å². The van der Waals surface area contributed by atoms with Crippen LogP contribution in [-0.2, 0) is 9.53 Å². The van der Waals surface area contributed by atoms with E-state index in [2.05, 4.69) is 19.9 Å². The molecule has 3 fully saturated rings. The molecule has 4 aliphatic carbocycles. The summed E-state index contributed by atoms with van der Waals surface area (Å²) in [5, 5.41) is 0. The molecule has 2 nitrogen and oxygen atoms in total. The minimum Gasteiger partial charge on any atom is -0.462 e. The summed E-state index contributed by atoms with van der Waals surface area (Å²) in [6.45, 7) is 6.64. The largest absolute Gasteiger partial charge is 0.462 e. The van der Waals surface area contributed by atoms with E-state index in [1.807, 2.05) is 0 Å². The Morgan fingerprint density at radius 3 is 2.74 bits per heavy atom. The van der Waals surface area contributed by atoms with E-state index in [0.29, 0.717) is 10.8 Å². The van der Waals surface area contributed by atoms with Crippen LogP contribution >= 0.6 is 0 Å². The third-order valence-corrected chi connectivity index (χ3v) is 8.17. The highest BCUT2D eigenvalue weighted by atomic mass is 16.5. The number of rotatable bonds is 1. The highest BCUT2D eigenvalue weighted by Crippen LogP contribution is 2.64. The second-order valence-electron chi connectivity index (χ2n) is 9.32. The van der Waals surface area contributed by atoms with E-state index in [1.165, 1.54) is 44.9 Å². The maximum Gasteiger partial charge on any atom is 0.302 e. The van der Waals surface area contributed by atoms with Crippen LogP contribution in [0.25, 0.3) is 0 Å². The first-order valence-corrected chi connectivity index (χ1v) is 9.79. The molecule has 4 aliphatic rings. The van der Waals surface area contributed by atoms with Gasteiger partial charge >= 0.3 is 5.97 Å². The fourth-order valence-corrected chi connectivity index (χ4v) is 6.96. The molecule has 0 radical (unpaired) electrons. The molecule has 0 aromatic heterocycles. The molecule has 0 saturated heterocycles. The summed E-state index contributed by atoms with van der Waals surface area (Å²) in [6, 6.07) is 0. The maximum atomic E-state index is 11.3.